The van der Waals surface area contributed by atoms with Crippen molar-refractivity contribution >= 4 is 31.9 Å². The fraction of sp³-hybridized carbons (Fsp3) is 0.667. The van der Waals surface area contributed by atoms with Gasteiger partial charge in [-0.25, -0.2) is 0 Å². The number of alkyl halides is 5. The molecule has 0 amide bonds. The summed E-state index contributed by atoms with van der Waals surface area (Å²) in [7, 11) is 0. The van der Waals surface area contributed by atoms with Gasteiger partial charge in [-0.15, -0.1) is 0 Å². The van der Waals surface area contributed by atoms with Crippen LogP contribution in [0.1, 0.15) is 0 Å². The fourth-order valence-electron chi connectivity index (χ4n) is 0. The Hall–Kier alpha value is 0.750. The molecule has 0 heterocycles. The zero-order chi connectivity index (χ0) is 7.00. The van der Waals surface area contributed by atoms with Crippen molar-refractivity contribution in [3.63, 3.8) is 0 Å². The van der Waals surface area contributed by atoms with Gasteiger partial charge in [0.1, 0.15) is 0 Å². The lowest BCUT2D eigenvalue weighted by molar-refractivity contribution is -0.125. The van der Waals surface area contributed by atoms with Gasteiger partial charge in [0, 0.05) is 0 Å². The summed E-state index contributed by atoms with van der Waals surface area (Å²) >= 11 is 4.56. The third-order valence-electron chi connectivity index (χ3n) is 0.415. The van der Waals surface area contributed by atoms with E-state index in [-0.39, 0.29) is 0 Å². The van der Waals surface area contributed by atoms with Crippen LogP contribution in [0.3, 0.4) is 0 Å². The normalized spacial score (nSPS) is 14.2. The van der Waals surface area contributed by atoms with E-state index in [0.29, 0.717) is 0 Å². The molecule has 0 atom stereocenters. The molecule has 0 aliphatic rings. The van der Waals surface area contributed by atoms with Gasteiger partial charge in [0.05, 0.1) is 0 Å². The van der Waals surface area contributed by atoms with E-state index in [0.717, 1.165) is 0 Å². The molecule has 0 unspecified atom stereocenters. The van der Waals surface area contributed by atoms with E-state index in [2.05, 4.69) is 38.8 Å². The van der Waals surface area contributed by atoms with Crippen LogP contribution >= 0.6 is 31.9 Å². The molecule has 0 aromatic rings. The van der Waals surface area contributed by atoms with E-state index in [1.54, 1.807) is 0 Å². The number of halogens is 5. The van der Waals surface area contributed by atoms with Crippen molar-refractivity contribution in [2.75, 3.05) is 0 Å². The molecule has 0 aromatic carbocycles. The molecule has 1 radical (unpaired) electrons. The number of rotatable bonds is 0. The Labute approximate surface area is 61.7 Å². The average molecular weight is 255 g/mol. The zero-order valence-electron chi connectivity index (χ0n) is 3.60. The van der Waals surface area contributed by atoms with Crippen LogP contribution in [0.25, 0.3) is 0 Å². The standard InChI is InChI=1S/C3H2Br2F3/c1-2(4,5)3(6,7)8/h1H2. The van der Waals surface area contributed by atoms with Gasteiger partial charge in [0.25, 0.3) is 0 Å². The van der Waals surface area contributed by atoms with Crippen LogP contribution in [0.5, 0.6) is 0 Å². The maximum Gasteiger partial charge on any atom is 0.413 e. The predicted octanol–water partition coefficient (Wildman–Crippen LogP) is 2.87. The first-order valence-corrected chi connectivity index (χ1v) is 3.13. The van der Waals surface area contributed by atoms with Gasteiger partial charge in [-0.2, -0.15) is 13.2 Å². The van der Waals surface area contributed by atoms with Gasteiger partial charge in [-0.1, -0.05) is 31.9 Å². The van der Waals surface area contributed by atoms with Gasteiger partial charge in [-0.05, 0) is 6.92 Å². The molecular weight excluding hydrogens is 253 g/mol. The van der Waals surface area contributed by atoms with E-state index in [9.17, 15) is 13.2 Å². The Bertz CT molecular complexity index is 67.5. The lowest BCUT2D eigenvalue weighted by atomic mass is 10.5. The van der Waals surface area contributed by atoms with Gasteiger partial charge in [0.2, 0.25) is 0 Å². The van der Waals surface area contributed by atoms with Crippen LogP contribution in [0.15, 0.2) is 0 Å². The summed E-state index contributed by atoms with van der Waals surface area (Å²) in [6, 6.07) is 0. The predicted molar refractivity (Wildman–Crippen MR) is 32.0 cm³/mol. The number of hydrogen-bond acceptors (Lipinski definition) is 0. The summed E-state index contributed by atoms with van der Waals surface area (Å²) < 4.78 is 32.0. The van der Waals surface area contributed by atoms with Crippen molar-refractivity contribution in [3.05, 3.63) is 6.92 Å². The lowest BCUT2D eigenvalue weighted by Gasteiger charge is -2.17. The highest BCUT2D eigenvalue weighted by Gasteiger charge is 2.47. The van der Waals surface area contributed by atoms with Gasteiger partial charge >= 0.3 is 6.18 Å². The van der Waals surface area contributed by atoms with Crippen LogP contribution in [0, 0.1) is 6.92 Å². The fourth-order valence-corrected chi connectivity index (χ4v) is 0. The molecule has 0 bridgehead atoms. The van der Waals surface area contributed by atoms with Crippen molar-refractivity contribution in [2.24, 2.45) is 0 Å². The van der Waals surface area contributed by atoms with Gasteiger partial charge in [-0.3, -0.25) is 0 Å². The molecule has 49 valence electrons. The maximum atomic E-state index is 11.4. The minimum atomic E-state index is -4.34. The summed E-state index contributed by atoms with van der Waals surface area (Å²) in [6.07, 6.45) is -4.34. The van der Waals surface area contributed by atoms with E-state index in [4.69, 9.17) is 0 Å². The summed E-state index contributed by atoms with van der Waals surface area (Å²) in [5.74, 6) is 0. The highest BCUT2D eigenvalue weighted by molar-refractivity contribution is 9.25. The minimum absolute atomic E-state index is 2.19. The van der Waals surface area contributed by atoms with Crippen LogP contribution < -0.4 is 0 Å². The molecule has 0 nitrogen and oxygen atoms in total. The average Bonchev–Trinajstić information content (AvgIpc) is 1.25. The third kappa shape index (κ3) is 2.35. The molecule has 0 saturated heterocycles. The van der Waals surface area contributed by atoms with Crippen molar-refractivity contribution in [1.82, 2.24) is 0 Å². The SMILES string of the molecule is [CH2]C(Br)(Br)C(F)(F)F. The van der Waals surface area contributed by atoms with E-state index >= 15 is 0 Å². The smallest absolute Gasteiger partial charge is 0.168 e. The Morgan fingerprint density at radius 2 is 1.25 bits per heavy atom. The van der Waals surface area contributed by atoms with Crippen molar-refractivity contribution in [2.45, 2.75) is 9.41 Å². The van der Waals surface area contributed by atoms with Crippen LogP contribution in [-0.4, -0.2) is 9.41 Å². The summed E-state index contributed by atoms with van der Waals surface area (Å²) in [6.45, 7) is 2.75. The van der Waals surface area contributed by atoms with Gasteiger partial charge < -0.3 is 0 Å². The topological polar surface area (TPSA) is 0 Å². The largest absolute Gasteiger partial charge is 0.413 e. The molecular formula is C3H2Br2F3. The molecule has 0 N–H and O–H groups in total. The second-order valence-corrected chi connectivity index (χ2v) is 4.97. The van der Waals surface area contributed by atoms with Crippen molar-refractivity contribution in [3.8, 4) is 0 Å². The number of hydrogen-bond donors (Lipinski definition) is 0. The first-order chi connectivity index (χ1) is 3.25. The molecule has 0 aromatic heterocycles. The Morgan fingerprint density at radius 1 is 1.12 bits per heavy atom. The Balaban J connectivity index is 4.02. The molecule has 0 aliphatic heterocycles. The monoisotopic (exact) mass is 253 g/mol. The first kappa shape index (κ1) is 8.75. The molecule has 8 heavy (non-hydrogen) atoms. The molecule has 0 aliphatic carbocycles. The van der Waals surface area contributed by atoms with Crippen LogP contribution in [0.4, 0.5) is 13.2 Å². The third-order valence-corrected chi connectivity index (χ3v) is 1.31. The Kier molecular flexibility index (Phi) is 2.38. The maximum absolute atomic E-state index is 11.4. The highest BCUT2D eigenvalue weighted by atomic mass is 79.9. The summed E-state index contributed by atoms with van der Waals surface area (Å²) in [4.78, 5) is 0. The summed E-state index contributed by atoms with van der Waals surface area (Å²) in [5.41, 5.74) is 0. The molecule has 0 spiro atoms. The van der Waals surface area contributed by atoms with E-state index < -0.39 is 9.41 Å². The van der Waals surface area contributed by atoms with E-state index in [1.807, 2.05) is 0 Å². The Morgan fingerprint density at radius 3 is 1.25 bits per heavy atom. The molecule has 0 rings (SSSR count). The minimum Gasteiger partial charge on any atom is -0.168 e. The second kappa shape index (κ2) is 2.17. The van der Waals surface area contributed by atoms with E-state index in [1.165, 1.54) is 0 Å². The van der Waals surface area contributed by atoms with Gasteiger partial charge in [0.15, 0.2) is 3.23 Å². The van der Waals surface area contributed by atoms with Crippen molar-refractivity contribution < 1.29 is 13.2 Å². The second-order valence-electron chi connectivity index (χ2n) is 1.20. The molecule has 0 fully saturated rings. The summed E-state index contributed by atoms with van der Waals surface area (Å²) in [5, 5.41) is 0. The quantitative estimate of drug-likeness (QED) is 0.584. The molecule has 0 saturated carbocycles. The van der Waals surface area contributed by atoms with Crippen LogP contribution in [-0.2, 0) is 0 Å². The zero-order valence-corrected chi connectivity index (χ0v) is 6.77. The molecule has 5 heteroatoms. The first-order valence-electron chi connectivity index (χ1n) is 1.55. The highest BCUT2D eigenvalue weighted by Crippen LogP contribution is 2.41. The van der Waals surface area contributed by atoms with Crippen molar-refractivity contribution in [1.29, 1.82) is 0 Å². The lowest BCUT2D eigenvalue weighted by Crippen LogP contribution is -2.29. The van der Waals surface area contributed by atoms with Crippen LogP contribution in [0.2, 0.25) is 0 Å².